The third-order valence-corrected chi connectivity index (χ3v) is 3.07. The minimum absolute atomic E-state index is 0.0408. The summed E-state index contributed by atoms with van der Waals surface area (Å²) in [6.07, 6.45) is 1.28. The molecule has 0 aromatic heterocycles. The number of hydrogen-bond donors (Lipinski definition) is 1. The van der Waals surface area contributed by atoms with Gasteiger partial charge in [0.1, 0.15) is 0 Å². The van der Waals surface area contributed by atoms with Gasteiger partial charge in [-0.1, -0.05) is 35.9 Å². The van der Waals surface area contributed by atoms with Crippen molar-refractivity contribution in [2.45, 2.75) is 0 Å². The third kappa shape index (κ3) is 3.46. The van der Waals surface area contributed by atoms with Crippen LogP contribution in [0.3, 0.4) is 0 Å². The van der Waals surface area contributed by atoms with E-state index in [1.54, 1.807) is 30.3 Å². The first-order valence-corrected chi connectivity index (χ1v) is 6.31. The van der Waals surface area contributed by atoms with Crippen molar-refractivity contribution in [2.24, 2.45) is 0 Å². The van der Waals surface area contributed by atoms with E-state index in [9.17, 15) is 20.0 Å². The van der Waals surface area contributed by atoms with Crippen LogP contribution in [-0.2, 0) is 4.79 Å². The molecule has 0 aliphatic rings. The van der Waals surface area contributed by atoms with E-state index in [0.717, 1.165) is 0 Å². The fourth-order valence-electron chi connectivity index (χ4n) is 1.83. The predicted octanol–water partition coefficient (Wildman–Crippen LogP) is 3.87. The van der Waals surface area contributed by atoms with Crippen LogP contribution in [-0.4, -0.2) is 16.0 Å². The summed E-state index contributed by atoms with van der Waals surface area (Å²) in [5.41, 5.74) is 0.464. The van der Waals surface area contributed by atoms with Gasteiger partial charge in [-0.05, 0) is 29.8 Å². The Hall–Kier alpha value is -2.66. The standard InChI is InChI=1S/C15H10ClNO4/c16-12-7-5-10(6-8-12)13(15(18)19)9-11-3-1-2-4-14(11)17(20)21/h1-9H,(H,18,19)/b13-9-. The highest BCUT2D eigenvalue weighted by Crippen LogP contribution is 2.25. The Morgan fingerprint density at radius 3 is 2.33 bits per heavy atom. The number of para-hydroxylation sites is 1. The smallest absolute Gasteiger partial charge is 0.336 e. The van der Waals surface area contributed by atoms with Crippen molar-refractivity contribution >= 4 is 34.9 Å². The summed E-state index contributed by atoms with van der Waals surface area (Å²) in [5.74, 6) is -1.17. The molecule has 2 aromatic rings. The summed E-state index contributed by atoms with van der Waals surface area (Å²) in [5, 5.41) is 20.8. The molecule has 0 heterocycles. The van der Waals surface area contributed by atoms with Crippen molar-refractivity contribution in [3.63, 3.8) is 0 Å². The Morgan fingerprint density at radius 2 is 1.76 bits per heavy atom. The SMILES string of the molecule is O=C(O)/C(=C\c1ccccc1[N+](=O)[O-])c1ccc(Cl)cc1. The van der Waals surface area contributed by atoms with Gasteiger partial charge < -0.3 is 5.11 Å². The van der Waals surface area contributed by atoms with Crippen LogP contribution in [0.4, 0.5) is 5.69 Å². The molecule has 0 saturated heterocycles. The van der Waals surface area contributed by atoms with Crippen molar-refractivity contribution in [3.8, 4) is 0 Å². The van der Waals surface area contributed by atoms with Crippen molar-refractivity contribution < 1.29 is 14.8 Å². The molecule has 0 spiro atoms. The van der Waals surface area contributed by atoms with Crippen molar-refractivity contribution in [1.29, 1.82) is 0 Å². The Balaban J connectivity index is 2.56. The lowest BCUT2D eigenvalue weighted by Crippen LogP contribution is -2.00. The highest BCUT2D eigenvalue weighted by atomic mass is 35.5. The number of benzene rings is 2. The second kappa shape index (κ2) is 6.19. The molecular formula is C15H10ClNO4. The number of carboxylic acids is 1. The summed E-state index contributed by atoms with van der Waals surface area (Å²) in [4.78, 5) is 21.8. The fourth-order valence-corrected chi connectivity index (χ4v) is 1.96. The van der Waals surface area contributed by atoms with Gasteiger partial charge in [0.2, 0.25) is 0 Å². The molecule has 2 rings (SSSR count). The highest BCUT2D eigenvalue weighted by molar-refractivity contribution is 6.30. The summed E-state index contributed by atoms with van der Waals surface area (Å²) in [7, 11) is 0. The first kappa shape index (κ1) is 14.7. The quantitative estimate of drug-likeness (QED) is 0.402. The minimum atomic E-state index is -1.17. The second-order valence-electron chi connectivity index (χ2n) is 4.19. The van der Waals surface area contributed by atoms with Gasteiger partial charge in [-0.3, -0.25) is 10.1 Å². The molecule has 0 aliphatic heterocycles. The Morgan fingerprint density at radius 1 is 1.14 bits per heavy atom. The van der Waals surface area contributed by atoms with Crippen LogP contribution < -0.4 is 0 Å². The van der Waals surface area contributed by atoms with Crippen LogP contribution in [0.15, 0.2) is 48.5 Å². The lowest BCUT2D eigenvalue weighted by atomic mass is 10.0. The molecule has 21 heavy (non-hydrogen) atoms. The number of aliphatic carboxylic acids is 1. The third-order valence-electron chi connectivity index (χ3n) is 2.82. The number of halogens is 1. The Labute approximate surface area is 125 Å². The van der Waals surface area contributed by atoms with Gasteiger partial charge in [-0.2, -0.15) is 0 Å². The number of carbonyl (C=O) groups is 1. The molecule has 0 amide bonds. The van der Waals surface area contributed by atoms with Crippen LogP contribution in [0.25, 0.3) is 11.6 Å². The fraction of sp³-hybridized carbons (Fsp3) is 0. The number of nitrogens with zero attached hydrogens (tertiary/aromatic N) is 1. The maximum atomic E-state index is 11.4. The first-order valence-electron chi connectivity index (χ1n) is 5.93. The van der Waals surface area contributed by atoms with Crippen molar-refractivity contribution in [1.82, 2.24) is 0 Å². The van der Waals surface area contributed by atoms with Crippen LogP contribution >= 0.6 is 11.6 Å². The molecular weight excluding hydrogens is 294 g/mol. The molecule has 0 aliphatic carbocycles. The molecule has 0 fully saturated rings. The van der Waals surface area contributed by atoms with Crippen LogP contribution in [0.2, 0.25) is 5.02 Å². The van der Waals surface area contributed by atoms with Gasteiger partial charge in [-0.15, -0.1) is 0 Å². The van der Waals surface area contributed by atoms with Gasteiger partial charge >= 0.3 is 5.97 Å². The molecule has 6 heteroatoms. The number of nitro benzene ring substituents is 1. The molecule has 0 bridgehead atoms. The van der Waals surface area contributed by atoms with Gasteiger partial charge in [-0.25, -0.2) is 4.79 Å². The molecule has 106 valence electrons. The molecule has 0 atom stereocenters. The maximum absolute atomic E-state index is 11.4. The molecule has 5 nitrogen and oxygen atoms in total. The van der Waals surface area contributed by atoms with E-state index < -0.39 is 10.9 Å². The van der Waals surface area contributed by atoms with Crippen LogP contribution in [0.1, 0.15) is 11.1 Å². The number of rotatable bonds is 4. The molecule has 1 N–H and O–H groups in total. The minimum Gasteiger partial charge on any atom is -0.478 e. The summed E-state index contributed by atoms with van der Waals surface area (Å²) < 4.78 is 0. The van der Waals surface area contributed by atoms with E-state index in [1.807, 2.05) is 0 Å². The highest BCUT2D eigenvalue weighted by Gasteiger charge is 2.15. The van der Waals surface area contributed by atoms with E-state index in [1.165, 1.54) is 24.3 Å². The first-order chi connectivity index (χ1) is 9.99. The Kier molecular flexibility index (Phi) is 4.35. The largest absolute Gasteiger partial charge is 0.478 e. The van der Waals surface area contributed by atoms with Gasteiger partial charge in [0.15, 0.2) is 0 Å². The van der Waals surface area contributed by atoms with E-state index in [0.29, 0.717) is 10.6 Å². The van der Waals surface area contributed by atoms with Gasteiger partial charge in [0.25, 0.3) is 5.69 Å². The average molecular weight is 304 g/mol. The molecule has 2 aromatic carbocycles. The van der Waals surface area contributed by atoms with Crippen molar-refractivity contribution in [3.05, 3.63) is 74.8 Å². The maximum Gasteiger partial charge on any atom is 0.336 e. The topological polar surface area (TPSA) is 80.4 Å². The lowest BCUT2D eigenvalue weighted by Gasteiger charge is -2.04. The zero-order chi connectivity index (χ0) is 15.4. The predicted molar refractivity (Wildman–Crippen MR) is 80.1 cm³/mol. The summed E-state index contributed by atoms with van der Waals surface area (Å²) in [6.45, 7) is 0. The normalized spacial score (nSPS) is 11.2. The van der Waals surface area contributed by atoms with Gasteiger partial charge in [0.05, 0.1) is 16.1 Å². The zero-order valence-corrected chi connectivity index (χ0v) is 11.4. The van der Waals surface area contributed by atoms with E-state index in [2.05, 4.69) is 0 Å². The number of hydrogen-bond acceptors (Lipinski definition) is 3. The molecule has 0 radical (unpaired) electrons. The van der Waals surface area contributed by atoms with E-state index >= 15 is 0 Å². The van der Waals surface area contributed by atoms with Crippen LogP contribution in [0.5, 0.6) is 0 Å². The molecule has 0 saturated carbocycles. The summed E-state index contributed by atoms with van der Waals surface area (Å²) in [6, 6.07) is 12.2. The number of carboxylic acid groups (broad SMARTS) is 1. The monoisotopic (exact) mass is 303 g/mol. The molecule has 0 unspecified atom stereocenters. The van der Waals surface area contributed by atoms with Gasteiger partial charge in [0, 0.05) is 11.1 Å². The van der Waals surface area contributed by atoms with Crippen LogP contribution in [0, 0.1) is 10.1 Å². The lowest BCUT2D eigenvalue weighted by molar-refractivity contribution is -0.385. The van der Waals surface area contributed by atoms with E-state index in [4.69, 9.17) is 11.6 Å². The zero-order valence-electron chi connectivity index (χ0n) is 10.7. The Bertz CT molecular complexity index is 723. The second-order valence-corrected chi connectivity index (χ2v) is 4.62. The van der Waals surface area contributed by atoms with E-state index in [-0.39, 0.29) is 16.8 Å². The van der Waals surface area contributed by atoms with Crippen molar-refractivity contribution in [2.75, 3.05) is 0 Å². The number of nitro groups is 1. The summed E-state index contributed by atoms with van der Waals surface area (Å²) >= 11 is 5.77. The average Bonchev–Trinajstić information content (AvgIpc) is 2.46.